The molecule has 0 aliphatic heterocycles. The molecule has 0 heterocycles. The first-order valence-electron chi connectivity index (χ1n) is 15.7. The molecular weight excluding hydrogens is 595 g/mol. The Kier molecular flexibility index (Phi) is 11.4. The van der Waals surface area contributed by atoms with E-state index in [1.165, 1.54) is 4.31 Å². The largest absolute Gasteiger partial charge is 0.352 e. The molecule has 4 aromatic carbocycles. The molecule has 2 atom stereocenters. The van der Waals surface area contributed by atoms with E-state index in [1.54, 1.807) is 41.3 Å². The number of benzene rings is 4. The Bertz CT molecular complexity index is 1730. The zero-order valence-electron chi connectivity index (χ0n) is 27.7. The highest BCUT2D eigenvalue weighted by Gasteiger charge is 2.35. The number of nitrogens with zero attached hydrogens (tertiary/aromatic N) is 2. The van der Waals surface area contributed by atoms with Crippen LogP contribution in [-0.2, 0) is 32.6 Å². The minimum Gasteiger partial charge on any atom is -0.352 e. The van der Waals surface area contributed by atoms with Crippen molar-refractivity contribution in [1.29, 1.82) is 0 Å². The Labute approximate surface area is 274 Å². The second-order valence-electron chi connectivity index (χ2n) is 12.2. The van der Waals surface area contributed by atoms with Crippen LogP contribution >= 0.6 is 0 Å². The van der Waals surface area contributed by atoms with Crippen molar-refractivity contribution in [3.63, 3.8) is 0 Å². The summed E-state index contributed by atoms with van der Waals surface area (Å²) in [5.41, 5.74) is 5.83. The van der Waals surface area contributed by atoms with Gasteiger partial charge in [0, 0.05) is 19.0 Å². The lowest BCUT2D eigenvalue weighted by atomic mass is 10.0. The fourth-order valence-electron chi connectivity index (χ4n) is 5.46. The second kappa shape index (κ2) is 15.2. The number of carbonyl (C=O) groups is 2. The van der Waals surface area contributed by atoms with Crippen LogP contribution < -0.4 is 9.62 Å². The van der Waals surface area contributed by atoms with Gasteiger partial charge in [0.1, 0.15) is 12.6 Å². The van der Waals surface area contributed by atoms with Crippen molar-refractivity contribution >= 4 is 27.5 Å². The average Bonchev–Trinajstić information content (AvgIpc) is 3.01. The van der Waals surface area contributed by atoms with Crippen LogP contribution in [0.15, 0.2) is 102 Å². The highest BCUT2D eigenvalue weighted by atomic mass is 32.2. The van der Waals surface area contributed by atoms with Crippen molar-refractivity contribution in [1.82, 2.24) is 10.2 Å². The molecule has 0 aromatic heterocycles. The summed E-state index contributed by atoms with van der Waals surface area (Å²) in [6.07, 6.45) is 1.000. The van der Waals surface area contributed by atoms with Crippen molar-refractivity contribution in [3.8, 4) is 0 Å². The van der Waals surface area contributed by atoms with E-state index in [9.17, 15) is 18.0 Å². The van der Waals surface area contributed by atoms with Gasteiger partial charge in [-0.1, -0.05) is 90.8 Å². The normalized spacial score (nSPS) is 12.7. The molecular formula is C38H45N3O4S. The van der Waals surface area contributed by atoms with Gasteiger partial charge in [0.15, 0.2) is 0 Å². The van der Waals surface area contributed by atoms with Crippen molar-refractivity contribution in [2.24, 2.45) is 0 Å². The number of rotatable bonds is 13. The van der Waals surface area contributed by atoms with Crippen molar-refractivity contribution in [2.75, 3.05) is 10.8 Å². The van der Waals surface area contributed by atoms with Gasteiger partial charge in [-0.25, -0.2) is 8.42 Å². The minimum absolute atomic E-state index is 0.0886. The van der Waals surface area contributed by atoms with Gasteiger partial charge in [-0.15, -0.1) is 0 Å². The van der Waals surface area contributed by atoms with Crippen molar-refractivity contribution in [3.05, 3.63) is 130 Å². The minimum atomic E-state index is -4.16. The maximum absolute atomic E-state index is 14.6. The number of anilines is 1. The summed E-state index contributed by atoms with van der Waals surface area (Å²) in [7, 11) is -4.16. The molecule has 2 unspecified atom stereocenters. The fraction of sp³-hybridized carbons (Fsp3) is 0.316. The SMILES string of the molecule is CCC(C)NC(=O)C(Cc1ccccc1)N(Cc1cccc(C)c1)C(=O)CN(c1cc(C)cc(C)c1)S(=O)(=O)c1ccc(C)cc1. The maximum Gasteiger partial charge on any atom is 0.264 e. The molecule has 46 heavy (non-hydrogen) atoms. The summed E-state index contributed by atoms with van der Waals surface area (Å²) in [4.78, 5) is 30.3. The molecule has 0 aliphatic rings. The van der Waals surface area contributed by atoms with E-state index < -0.39 is 28.5 Å². The number of amides is 2. The number of carbonyl (C=O) groups excluding carboxylic acids is 2. The fourth-order valence-corrected chi connectivity index (χ4v) is 6.86. The van der Waals surface area contributed by atoms with Gasteiger partial charge >= 0.3 is 0 Å². The highest BCUT2D eigenvalue weighted by Crippen LogP contribution is 2.27. The Balaban J connectivity index is 1.83. The lowest BCUT2D eigenvalue weighted by molar-refractivity contribution is -0.140. The van der Waals surface area contributed by atoms with Crippen LogP contribution in [0, 0.1) is 27.7 Å². The van der Waals surface area contributed by atoms with Gasteiger partial charge in [-0.05, 0) is 87.6 Å². The molecule has 4 rings (SSSR count). The van der Waals surface area contributed by atoms with Gasteiger partial charge in [-0.2, -0.15) is 0 Å². The monoisotopic (exact) mass is 639 g/mol. The Morgan fingerprint density at radius 1 is 0.739 bits per heavy atom. The Morgan fingerprint density at radius 2 is 1.37 bits per heavy atom. The molecule has 242 valence electrons. The van der Waals surface area contributed by atoms with Gasteiger partial charge in [-0.3, -0.25) is 13.9 Å². The first-order valence-corrected chi connectivity index (χ1v) is 17.2. The molecule has 2 amide bonds. The van der Waals surface area contributed by atoms with Crippen molar-refractivity contribution in [2.45, 2.75) is 77.9 Å². The van der Waals surface area contributed by atoms with E-state index in [2.05, 4.69) is 5.32 Å². The van der Waals surface area contributed by atoms with Crippen LogP contribution in [0.2, 0.25) is 0 Å². The smallest absolute Gasteiger partial charge is 0.264 e. The molecule has 4 aromatic rings. The van der Waals surface area contributed by atoms with Crippen LogP contribution in [-0.4, -0.2) is 43.8 Å². The predicted octanol–water partition coefficient (Wildman–Crippen LogP) is 6.67. The number of hydrogen-bond acceptors (Lipinski definition) is 4. The third-order valence-electron chi connectivity index (χ3n) is 8.09. The first kappa shape index (κ1) is 34.4. The van der Waals surface area contributed by atoms with Crippen LogP contribution in [0.1, 0.15) is 53.6 Å². The van der Waals surface area contributed by atoms with E-state index in [0.717, 1.165) is 39.8 Å². The summed E-state index contributed by atoms with van der Waals surface area (Å²) in [5, 5.41) is 3.08. The number of nitrogens with one attached hydrogen (secondary N) is 1. The molecule has 0 fully saturated rings. The average molecular weight is 640 g/mol. The van der Waals surface area contributed by atoms with Crippen LogP contribution in [0.4, 0.5) is 5.69 Å². The highest BCUT2D eigenvalue weighted by molar-refractivity contribution is 7.92. The first-order chi connectivity index (χ1) is 21.9. The Hall–Kier alpha value is -4.43. The van der Waals surface area contributed by atoms with E-state index in [1.807, 2.05) is 102 Å². The summed E-state index contributed by atoms with van der Waals surface area (Å²) >= 11 is 0. The standard InChI is InChI=1S/C38H45N3O4S/c1-7-31(6)39-38(43)36(24-32-13-9-8-10-14-32)40(25-33-15-11-12-28(3)21-33)37(42)26-41(34-22-29(4)20-30(5)23-34)46(44,45)35-18-16-27(2)17-19-35/h8-23,31,36H,7,24-26H2,1-6H3,(H,39,43). The van der Waals surface area contributed by atoms with Crippen LogP contribution in [0.3, 0.4) is 0 Å². The second-order valence-corrected chi connectivity index (χ2v) is 14.1. The van der Waals surface area contributed by atoms with Gasteiger partial charge in [0.25, 0.3) is 10.0 Å². The van der Waals surface area contributed by atoms with Gasteiger partial charge in [0.2, 0.25) is 11.8 Å². The summed E-state index contributed by atoms with van der Waals surface area (Å²) in [6, 6.07) is 28.5. The molecule has 1 N–H and O–H groups in total. The molecule has 8 heteroatoms. The van der Waals surface area contributed by atoms with E-state index >= 15 is 0 Å². The van der Waals surface area contributed by atoms with E-state index in [4.69, 9.17) is 0 Å². The van der Waals surface area contributed by atoms with Crippen LogP contribution in [0.5, 0.6) is 0 Å². The number of aryl methyl sites for hydroxylation is 4. The lowest BCUT2D eigenvalue weighted by Crippen LogP contribution is -2.54. The third-order valence-corrected chi connectivity index (χ3v) is 9.88. The van der Waals surface area contributed by atoms with Crippen LogP contribution in [0.25, 0.3) is 0 Å². The maximum atomic E-state index is 14.6. The van der Waals surface area contributed by atoms with Gasteiger partial charge < -0.3 is 10.2 Å². The molecule has 0 saturated heterocycles. The van der Waals surface area contributed by atoms with Crippen molar-refractivity contribution < 1.29 is 18.0 Å². The summed E-state index contributed by atoms with van der Waals surface area (Å²) in [5.74, 6) is -0.755. The third kappa shape index (κ3) is 8.85. The molecule has 0 bridgehead atoms. The zero-order chi connectivity index (χ0) is 33.4. The summed E-state index contributed by atoms with van der Waals surface area (Å²) in [6.45, 7) is 11.2. The quantitative estimate of drug-likeness (QED) is 0.177. The van der Waals surface area contributed by atoms with E-state index in [-0.39, 0.29) is 29.8 Å². The molecule has 0 saturated carbocycles. The number of sulfonamides is 1. The predicted molar refractivity (Wildman–Crippen MR) is 185 cm³/mol. The molecule has 0 spiro atoms. The zero-order valence-corrected chi connectivity index (χ0v) is 28.5. The molecule has 7 nitrogen and oxygen atoms in total. The number of hydrogen-bond donors (Lipinski definition) is 1. The Morgan fingerprint density at radius 3 is 1.98 bits per heavy atom. The lowest BCUT2D eigenvalue weighted by Gasteiger charge is -2.34. The molecule has 0 radical (unpaired) electrons. The summed E-state index contributed by atoms with van der Waals surface area (Å²) < 4.78 is 29.7. The van der Waals surface area contributed by atoms with Gasteiger partial charge in [0.05, 0.1) is 10.6 Å². The van der Waals surface area contributed by atoms with E-state index in [0.29, 0.717) is 5.69 Å². The molecule has 0 aliphatic carbocycles. The topological polar surface area (TPSA) is 86.8 Å².